The van der Waals surface area contributed by atoms with Gasteiger partial charge in [0.15, 0.2) is 12.0 Å². The highest BCUT2D eigenvalue weighted by Gasteiger charge is 2.30. The van der Waals surface area contributed by atoms with Gasteiger partial charge in [0.1, 0.15) is 30.3 Å². The second-order valence-electron chi connectivity index (χ2n) is 7.91. The maximum Gasteiger partial charge on any atom is 0.416 e. The van der Waals surface area contributed by atoms with Gasteiger partial charge in [0.05, 0.1) is 11.1 Å². The molecule has 0 saturated carbocycles. The number of aldehydes is 1. The number of carbonyl (C=O) groups is 1. The highest BCUT2D eigenvalue weighted by molar-refractivity contribution is 5.93. The number of anilines is 2. The summed E-state index contributed by atoms with van der Waals surface area (Å²) >= 11 is 0. The molecule has 0 spiro atoms. The monoisotopic (exact) mass is 489 g/mol. The van der Waals surface area contributed by atoms with E-state index in [9.17, 15) is 18.0 Å². The second-order valence-corrected chi connectivity index (χ2v) is 7.91. The van der Waals surface area contributed by atoms with E-state index >= 15 is 0 Å². The molecule has 5 aromatic rings. The van der Waals surface area contributed by atoms with Crippen LogP contribution in [0.2, 0.25) is 0 Å². The fraction of sp³-hybridized carbons (Fsp3) is 0.0741. The Bertz CT molecular complexity index is 1530. The summed E-state index contributed by atoms with van der Waals surface area (Å²) in [6, 6.07) is 20.9. The number of hydrogen-bond donors (Lipinski definition) is 1. The Balaban J connectivity index is 1.31. The molecule has 180 valence electrons. The van der Waals surface area contributed by atoms with Crippen LogP contribution in [0.5, 0.6) is 5.75 Å². The molecule has 1 N–H and O–H groups in total. The molecule has 0 amide bonds. The van der Waals surface area contributed by atoms with E-state index in [0.717, 1.165) is 34.3 Å². The first-order valence-corrected chi connectivity index (χ1v) is 10.9. The minimum atomic E-state index is -4.40. The van der Waals surface area contributed by atoms with E-state index in [1.54, 1.807) is 42.5 Å². The van der Waals surface area contributed by atoms with Crippen molar-refractivity contribution < 1.29 is 27.1 Å². The lowest BCUT2D eigenvalue weighted by atomic mass is 10.1. The molecule has 0 unspecified atom stereocenters. The Morgan fingerprint density at radius 3 is 2.53 bits per heavy atom. The lowest BCUT2D eigenvalue weighted by Gasteiger charge is -2.12. The number of alkyl halides is 3. The number of furan rings is 1. The van der Waals surface area contributed by atoms with Gasteiger partial charge in [0.2, 0.25) is 0 Å². The van der Waals surface area contributed by atoms with E-state index in [4.69, 9.17) is 9.15 Å². The van der Waals surface area contributed by atoms with Crippen molar-refractivity contribution in [1.82, 2.24) is 9.97 Å². The molecular formula is C27H18F3N3O3. The van der Waals surface area contributed by atoms with Gasteiger partial charge < -0.3 is 14.5 Å². The lowest BCUT2D eigenvalue weighted by Crippen LogP contribution is -2.06. The first kappa shape index (κ1) is 23.1. The lowest BCUT2D eigenvalue weighted by molar-refractivity contribution is -0.137. The molecule has 0 aliphatic heterocycles. The van der Waals surface area contributed by atoms with Crippen molar-refractivity contribution in [3.05, 3.63) is 102 Å². The van der Waals surface area contributed by atoms with E-state index in [1.165, 1.54) is 12.4 Å². The fourth-order valence-electron chi connectivity index (χ4n) is 3.66. The van der Waals surface area contributed by atoms with Crippen LogP contribution in [0.15, 0.2) is 89.6 Å². The highest BCUT2D eigenvalue weighted by Crippen LogP contribution is 2.31. The zero-order valence-electron chi connectivity index (χ0n) is 18.6. The standard InChI is InChI=1S/C27H18F3N3O3/c28-27(29,30)19-3-1-2-17(12-19)15-35-21-7-5-20(6-8-21)33-26-23-13-18(4-10-24(23)31-16-32-26)25-11-9-22(14-34)36-25/h1-14,16H,15H2,(H,31,32,33). The van der Waals surface area contributed by atoms with E-state index in [0.29, 0.717) is 29.2 Å². The first-order chi connectivity index (χ1) is 17.4. The molecule has 2 heterocycles. The number of nitrogens with zero attached hydrogens (tertiary/aromatic N) is 2. The molecule has 0 atom stereocenters. The smallest absolute Gasteiger partial charge is 0.416 e. The van der Waals surface area contributed by atoms with Gasteiger partial charge in [0, 0.05) is 16.6 Å². The summed E-state index contributed by atoms with van der Waals surface area (Å²) in [6.45, 7) is 0.00855. The van der Waals surface area contributed by atoms with Crippen LogP contribution in [0.1, 0.15) is 21.7 Å². The molecule has 36 heavy (non-hydrogen) atoms. The maximum absolute atomic E-state index is 12.9. The van der Waals surface area contributed by atoms with E-state index in [-0.39, 0.29) is 12.4 Å². The minimum Gasteiger partial charge on any atom is -0.489 e. The number of hydrogen-bond acceptors (Lipinski definition) is 6. The van der Waals surface area contributed by atoms with Gasteiger partial charge >= 0.3 is 6.18 Å². The van der Waals surface area contributed by atoms with Gasteiger partial charge in [-0.3, -0.25) is 4.79 Å². The third kappa shape index (κ3) is 5.05. The van der Waals surface area contributed by atoms with Crippen molar-refractivity contribution >= 4 is 28.7 Å². The van der Waals surface area contributed by atoms with Crippen molar-refractivity contribution in [2.75, 3.05) is 5.32 Å². The molecule has 0 fully saturated rings. The maximum atomic E-state index is 12.9. The normalized spacial score (nSPS) is 11.4. The van der Waals surface area contributed by atoms with E-state index in [2.05, 4.69) is 15.3 Å². The van der Waals surface area contributed by atoms with Crippen molar-refractivity contribution in [3.63, 3.8) is 0 Å². The van der Waals surface area contributed by atoms with Crippen LogP contribution in [0.4, 0.5) is 24.7 Å². The molecule has 6 nitrogen and oxygen atoms in total. The molecule has 0 radical (unpaired) electrons. The number of carbonyl (C=O) groups excluding carboxylic acids is 1. The third-order valence-corrected chi connectivity index (χ3v) is 5.44. The van der Waals surface area contributed by atoms with Crippen LogP contribution in [-0.2, 0) is 12.8 Å². The third-order valence-electron chi connectivity index (χ3n) is 5.44. The second kappa shape index (κ2) is 9.53. The van der Waals surface area contributed by atoms with Gasteiger partial charge in [0.25, 0.3) is 0 Å². The molecule has 2 aromatic heterocycles. The Morgan fingerprint density at radius 2 is 1.78 bits per heavy atom. The van der Waals surface area contributed by atoms with Crippen LogP contribution in [0.25, 0.3) is 22.2 Å². The quantitative estimate of drug-likeness (QED) is 0.247. The van der Waals surface area contributed by atoms with Crippen LogP contribution < -0.4 is 10.1 Å². The summed E-state index contributed by atoms with van der Waals surface area (Å²) in [5.41, 5.74) is 1.94. The predicted octanol–water partition coefficient (Wildman–Crippen LogP) is 7.04. The summed E-state index contributed by atoms with van der Waals surface area (Å²) in [7, 11) is 0. The van der Waals surface area contributed by atoms with Crippen molar-refractivity contribution in [2.45, 2.75) is 12.8 Å². The zero-order chi connectivity index (χ0) is 25.1. The van der Waals surface area contributed by atoms with Gasteiger partial charge in [-0.2, -0.15) is 13.2 Å². The van der Waals surface area contributed by atoms with Gasteiger partial charge in [-0.15, -0.1) is 0 Å². The Morgan fingerprint density at radius 1 is 0.944 bits per heavy atom. The van der Waals surface area contributed by atoms with Crippen molar-refractivity contribution in [2.24, 2.45) is 0 Å². The van der Waals surface area contributed by atoms with E-state index in [1.807, 2.05) is 18.2 Å². The molecule has 0 aliphatic carbocycles. The number of rotatable bonds is 7. The number of fused-ring (bicyclic) bond motifs is 1. The fourth-order valence-corrected chi connectivity index (χ4v) is 3.66. The minimum absolute atomic E-state index is 0.00855. The average molecular weight is 489 g/mol. The number of ether oxygens (including phenoxy) is 1. The Kier molecular flexibility index (Phi) is 6.12. The zero-order valence-corrected chi connectivity index (χ0v) is 18.6. The highest BCUT2D eigenvalue weighted by atomic mass is 19.4. The number of aromatic nitrogens is 2. The topological polar surface area (TPSA) is 77.2 Å². The first-order valence-electron chi connectivity index (χ1n) is 10.9. The summed E-state index contributed by atoms with van der Waals surface area (Å²) < 4.78 is 49.9. The molecular weight excluding hydrogens is 471 g/mol. The number of benzene rings is 3. The van der Waals surface area contributed by atoms with Crippen LogP contribution >= 0.6 is 0 Å². The van der Waals surface area contributed by atoms with Crippen LogP contribution in [0.3, 0.4) is 0 Å². The van der Waals surface area contributed by atoms with Gasteiger partial charge in [-0.25, -0.2) is 9.97 Å². The van der Waals surface area contributed by atoms with Crippen LogP contribution in [-0.4, -0.2) is 16.3 Å². The number of nitrogens with one attached hydrogen (secondary N) is 1. The van der Waals surface area contributed by atoms with E-state index < -0.39 is 11.7 Å². The summed E-state index contributed by atoms with van der Waals surface area (Å²) in [5.74, 6) is 1.87. The SMILES string of the molecule is O=Cc1ccc(-c2ccc3ncnc(Nc4ccc(OCc5cccc(C(F)(F)F)c5)cc4)c3c2)o1. The Labute approximate surface area is 203 Å². The Hall–Kier alpha value is -4.66. The molecule has 0 saturated heterocycles. The largest absolute Gasteiger partial charge is 0.489 e. The van der Waals surface area contributed by atoms with Crippen LogP contribution in [0, 0.1) is 0 Å². The molecule has 0 bridgehead atoms. The average Bonchev–Trinajstić information content (AvgIpc) is 3.37. The summed E-state index contributed by atoms with van der Waals surface area (Å²) in [4.78, 5) is 19.6. The molecule has 3 aromatic carbocycles. The van der Waals surface area contributed by atoms with Crippen molar-refractivity contribution in [1.29, 1.82) is 0 Å². The van der Waals surface area contributed by atoms with Gasteiger partial charge in [-0.1, -0.05) is 12.1 Å². The summed E-state index contributed by atoms with van der Waals surface area (Å²) in [6.07, 6.45) is -2.30. The molecule has 5 rings (SSSR count). The molecule has 9 heteroatoms. The number of halogens is 3. The summed E-state index contributed by atoms with van der Waals surface area (Å²) in [5, 5.41) is 4.00. The van der Waals surface area contributed by atoms with Gasteiger partial charge in [-0.05, 0) is 72.3 Å². The molecule has 0 aliphatic rings. The predicted molar refractivity (Wildman–Crippen MR) is 128 cm³/mol. The van der Waals surface area contributed by atoms with Crippen molar-refractivity contribution in [3.8, 4) is 17.1 Å².